The molecule has 0 fully saturated rings. The van der Waals surface area contributed by atoms with E-state index in [-0.39, 0.29) is 10.5 Å². The number of nitrogens with zero attached hydrogens (tertiary/aromatic N) is 1. The van der Waals surface area contributed by atoms with Gasteiger partial charge in [0.2, 0.25) is 0 Å². The molecule has 13 heavy (non-hydrogen) atoms. The van der Waals surface area contributed by atoms with E-state index < -0.39 is 0 Å². The highest BCUT2D eigenvalue weighted by Crippen LogP contribution is 2.28. The summed E-state index contributed by atoms with van der Waals surface area (Å²) >= 11 is 0. The van der Waals surface area contributed by atoms with Crippen LogP contribution < -0.4 is 0 Å². The molecule has 3 heteroatoms. The Hall–Kier alpha value is -1.31. The van der Waals surface area contributed by atoms with Crippen LogP contribution in [0, 0.1) is 0 Å². The van der Waals surface area contributed by atoms with Gasteiger partial charge in [-0.25, -0.2) is 0 Å². The normalized spacial score (nSPS) is 12.7. The summed E-state index contributed by atoms with van der Waals surface area (Å²) < 4.78 is 0. The van der Waals surface area contributed by atoms with Gasteiger partial charge < -0.3 is 0 Å². The van der Waals surface area contributed by atoms with Gasteiger partial charge >= 0.3 is 0 Å². The number of hydrogen-bond acceptors (Lipinski definition) is 1. The van der Waals surface area contributed by atoms with Crippen LogP contribution in [-0.2, 0) is 0 Å². The summed E-state index contributed by atoms with van der Waals surface area (Å²) in [6.07, 6.45) is 3.96. The van der Waals surface area contributed by atoms with Gasteiger partial charge in [-0.05, 0) is 18.4 Å². The Balaban J connectivity index is 2.82. The number of aromatic amines is 1. The highest BCUT2D eigenvalue weighted by atomic mass is 32.2. The van der Waals surface area contributed by atoms with Crippen molar-refractivity contribution in [2.24, 2.45) is 0 Å². The summed E-state index contributed by atoms with van der Waals surface area (Å²) in [6, 6.07) is 6.14. The van der Waals surface area contributed by atoms with Gasteiger partial charge in [0.05, 0.1) is 11.7 Å². The van der Waals surface area contributed by atoms with Gasteiger partial charge in [-0.2, -0.15) is 5.10 Å². The van der Waals surface area contributed by atoms with Crippen LogP contribution in [0.3, 0.4) is 0 Å². The minimum atomic E-state index is -0.0144. The lowest BCUT2D eigenvalue weighted by atomic mass is 10.3. The molecule has 0 aliphatic heterocycles. The van der Waals surface area contributed by atoms with E-state index in [0.717, 1.165) is 5.52 Å². The molecule has 0 radical (unpaired) electrons. The first kappa shape index (κ1) is 8.30. The van der Waals surface area contributed by atoms with E-state index in [1.165, 1.54) is 10.3 Å². The number of hydrogen-bond donors (Lipinski definition) is 1. The van der Waals surface area contributed by atoms with Gasteiger partial charge in [-0.1, -0.05) is 17.7 Å². The number of H-pyrrole nitrogens is 1. The standard InChI is InChI=1S/C10H10N2S/c1-3-13(2)10-6-4-5-9-8(10)7-11-12-9/h4-7H,1H2,2H3,(H,11,12). The van der Waals surface area contributed by atoms with Crippen molar-refractivity contribution in [1.82, 2.24) is 10.2 Å². The average Bonchev–Trinajstić information content (AvgIpc) is 2.63. The van der Waals surface area contributed by atoms with Crippen molar-refractivity contribution >= 4 is 26.4 Å². The lowest BCUT2D eigenvalue weighted by Crippen LogP contribution is -1.75. The van der Waals surface area contributed by atoms with Gasteiger partial charge in [0.15, 0.2) is 0 Å². The number of nitrogens with one attached hydrogen (secondary N) is 1. The Morgan fingerprint density at radius 3 is 3.15 bits per heavy atom. The highest BCUT2D eigenvalue weighted by molar-refractivity contribution is 8.14. The Kier molecular flexibility index (Phi) is 2.05. The van der Waals surface area contributed by atoms with Crippen LogP contribution in [0.25, 0.3) is 10.9 Å². The summed E-state index contributed by atoms with van der Waals surface area (Å²) in [5.74, 6) is 0. The minimum Gasteiger partial charge on any atom is -0.278 e. The van der Waals surface area contributed by atoms with E-state index in [4.69, 9.17) is 0 Å². The van der Waals surface area contributed by atoms with Gasteiger partial charge in [0.1, 0.15) is 0 Å². The molecule has 66 valence electrons. The van der Waals surface area contributed by atoms with Crippen LogP contribution in [0.5, 0.6) is 0 Å². The summed E-state index contributed by atoms with van der Waals surface area (Å²) in [7, 11) is -0.0144. The van der Waals surface area contributed by atoms with Crippen molar-refractivity contribution in [3.63, 3.8) is 0 Å². The molecule has 0 saturated carbocycles. The van der Waals surface area contributed by atoms with E-state index in [0.29, 0.717) is 0 Å². The quantitative estimate of drug-likeness (QED) is 0.687. The van der Waals surface area contributed by atoms with Crippen molar-refractivity contribution in [2.75, 3.05) is 6.26 Å². The molecule has 2 nitrogen and oxygen atoms in total. The SMILES string of the molecule is C=C=S(C)c1cccc2[nH]ncc12. The minimum absolute atomic E-state index is 0.0144. The topological polar surface area (TPSA) is 28.7 Å². The fourth-order valence-electron chi connectivity index (χ4n) is 1.29. The smallest absolute Gasteiger partial charge is 0.0661 e. The molecule has 1 aromatic heterocycles. The zero-order chi connectivity index (χ0) is 9.26. The predicted octanol–water partition coefficient (Wildman–Crippen LogP) is 2.41. The molecule has 1 heterocycles. The molecule has 1 unspecified atom stereocenters. The molecular formula is C10H10N2S. The van der Waals surface area contributed by atoms with Crippen LogP contribution >= 0.6 is 10.5 Å². The molecule has 2 rings (SSSR count). The Labute approximate surface area is 79.2 Å². The number of fused-ring (bicyclic) bond motifs is 1. The van der Waals surface area contributed by atoms with E-state index in [9.17, 15) is 0 Å². The monoisotopic (exact) mass is 190 g/mol. The fourth-order valence-corrected chi connectivity index (χ4v) is 2.22. The molecule has 0 saturated heterocycles. The van der Waals surface area contributed by atoms with E-state index in [2.05, 4.69) is 34.1 Å². The largest absolute Gasteiger partial charge is 0.278 e. The Bertz CT molecular complexity index is 492. The van der Waals surface area contributed by atoms with Crippen molar-refractivity contribution in [1.29, 1.82) is 0 Å². The molecule has 0 aliphatic rings. The lowest BCUT2D eigenvalue weighted by Gasteiger charge is -2.00. The van der Waals surface area contributed by atoms with Crippen LogP contribution in [0.15, 0.2) is 35.9 Å². The third kappa shape index (κ3) is 1.32. The number of benzene rings is 1. The summed E-state index contributed by atoms with van der Waals surface area (Å²) in [5.41, 5.74) is 1.08. The molecule has 1 atom stereocenters. The maximum atomic E-state index is 4.01. The van der Waals surface area contributed by atoms with Crippen LogP contribution in [-0.4, -0.2) is 21.5 Å². The molecule has 1 N–H and O–H groups in total. The summed E-state index contributed by atoms with van der Waals surface area (Å²) in [4.78, 5) is 1.25. The van der Waals surface area contributed by atoms with Gasteiger partial charge in [0, 0.05) is 10.3 Å². The summed E-state index contributed by atoms with van der Waals surface area (Å²) in [6.45, 7) is 3.68. The molecule has 0 bridgehead atoms. The predicted molar refractivity (Wildman–Crippen MR) is 58.5 cm³/mol. The maximum Gasteiger partial charge on any atom is 0.0661 e. The van der Waals surface area contributed by atoms with Crippen molar-refractivity contribution in [3.05, 3.63) is 31.0 Å². The first-order valence-electron chi connectivity index (χ1n) is 3.93. The molecule has 0 aliphatic carbocycles. The first-order chi connectivity index (χ1) is 6.33. The zero-order valence-corrected chi connectivity index (χ0v) is 8.19. The van der Waals surface area contributed by atoms with Gasteiger partial charge in [0.25, 0.3) is 0 Å². The second-order valence-corrected chi connectivity index (χ2v) is 4.49. The second-order valence-electron chi connectivity index (χ2n) is 2.74. The Morgan fingerprint density at radius 2 is 2.38 bits per heavy atom. The van der Waals surface area contributed by atoms with Crippen molar-refractivity contribution in [2.45, 2.75) is 4.90 Å². The molecular weight excluding hydrogens is 180 g/mol. The van der Waals surface area contributed by atoms with Crippen molar-refractivity contribution < 1.29 is 0 Å². The van der Waals surface area contributed by atoms with E-state index in [1.54, 1.807) is 0 Å². The van der Waals surface area contributed by atoms with Gasteiger partial charge in [-0.15, -0.1) is 10.5 Å². The van der Waals surface area contributed by atoms with E-state index >= 15 is 0 Å². The first-order valence-corrected chi connectivity index (χ1v) is 5.57. The van der Waals surface area contributed by atoms with Crippen LogP contribution in [0.1, 0.15) is 0 Å². The third-order valence-corrected chi connectivity index (χ3v) is 3.44. The molecule has 0 amide bonds. The number of aromatic nitrogens is 2. The molecule has 0 spiro atoms. The third-order valence-electron chi connectivity index (χ3n) is 1.99. The molecule has 2 aromatic rings. The average molecular weight is 190 g/mol. The van der Waals surface area contributed by atoms with Crippen LogP contribution in [0.2, 0.25) is 0 Å². The Morgan fingerprint density at radius 1 is 1.54 bits per heavy atom. The highest BCUT2D eigenvalue weighted by Gasteiger charge is 2.01. The summed E-state index contributed by atoms with van der Waals surface area (Å²) in [5, 5.41) is 11.1. The lowest BCUT2D eigenvalue weighted by molar-refractivity contribution is 1.12. The van der Waals surface area contributed by atoms with Crippen LogP contribution in [0.4, 0.5) is 0 Å². The zero-order valence-electron chi connectivity index (χ0n) is 7.37. The van der Waals surface area contributed by atoms with Crippen molar-refractivity contribution in [3.8, 4) is 0 Å². The number of rotatable bonds is 1. The fraction of sp³-hybridized carbons (Fsp3) is 0.100. The second kappa shape index (κ2) is 3.21. The maximum absolute atomic E-state index is 4.01. The van der Waals surface area contributed by atoms with Gasteiger partial charge in [-0.3, -0.25) is 5.10 Å². The van der Waals surface area contributed by atoms with E-state index in [1.807, 2.05) is 18.3 Å². The molecule has 1 aromatic carbocycles.